The van der Waals surface area contributed by atoms with Crippen LogP contribution in [-0.2, 0) is 25.6 Å². The number of nitrogens with two attached hydrogens (primary N) is 1. The molecule has 1 aliphatic heterocycles. The Bertz CT molecular complexity index is 909. The van der Waals surface area contributed by atoms with Crippen LogP contribution in [0.3, 0.4) is 0 Å². The van der Waals surface area contributed by atoms with Crippen molar-refractivity contribution in [1.29, 1.82) is 0 Å². The Morgan fingerprint density at radius 2 is 1.83 bits per heavy atom. The van der Waals surface area contributed by atoms with Gasteiger partial charge in [-0.2, -0.15) is 0 Å². The Hall–Kier alpha value is -3.34. The summed E-state index contributed by atoms with van der Waals surface area (Å²) in [7, 11) is 3.20. The summed E-state index contributed by atoms with van der Waals surface area (Å²) in [5, 5.41) is 5.58. The van der Waals surface area contributed by atoms with E-state index in [-0.39, 0.29) is 25.0 Å². The summed E-state index contributed by atoms with van der Waals surface area (Å²) in [6.45, 7) is 3.79. The molecule has 0 radical (unpaired) electrons. The molecule has 1 aromatic carbocycles. The summed E-state index contributed by atoms with van der Waals surface area (Å²) in [5.74, 6) is -0.249. The van der Waals surface area contributed by atoms with Crippen LogP contribution in [-0.4, -0.2) is 93.0 Å². The zero-order valence-corrected chi connectivity index (χ0v) is 21.5. The summed E-state index contributed by atoms with van der Waals surface area (Å²) < 4.78 is 11.0. The number of carbonyl (C=O) groups is 4. The van der Waals surface area contributed by atoms with Gasteiger partial charge in [0, 0.05) is 33.1 Å². The lowest BCUT2D eigenvalue weighted by molar-refractivity contribution is -0.135. The lowest BCUT2D eigenvalue weighted by Crippen LogP contribution is -2.47. The Morgan fingerprint density at radius 3 is 2.56 bits per heavy atom. The second-order valence-electron chi connectivity index (χ2n) is 8.98. The molecule has 4 N–H and O–H groups in total. The van der Waals surface area contributed by atoms with E-state index in [0.29, 0.717) is 56.9 Å². The highest BCUT2D eigenvalue weighted by Gasteiger charge is 2.20. The minimum atomic E-state index is -0.706. The van der Waals surface area contributed by atoms with Gasteiger partial charge in [0.25, 0.3) is 5.91 Å². The Morgan fingerprint density at radius 1 is 1.11 bits per heavy atom. The number of primary amides is 1. The van der Waals surface area contributed by atoms with E-state index in [9.17, 15) is 19.2 Å². The first-order valence-electron chi connectivity index (χ1n) is 12.3. The van der Waals surface area contributed by atoms with E-state index in [4.69, 9.17) is 15.2 Å². The second kappa shape index (κ2) is 14.9. The molecule has 11 nitrogen and oxygen atoms in total. The van der Waals surface area contributed by atoms with E-state index in [2.05, 4.69) is 10.6 Å². The van der Waals surface area contributed by atoms with Crippen molar-refractivity contribution in [2.75, 3.05) is 53.5 Å². The number of methoxy groups -OCH3 is 1. The van der Waals surface area contributed by atoms with Crippen LogP contribution in [0.2, 0.25) is 0 Å². The van der Waals surface area contributed by atoms with Gasteiger partial charge in [-0.05, 0) is 56.8 Å². The van der Waals surface area contributed by atoms with E-state index in [1.165, 1.54) is 7.11 Å². The first kappa shape index (κ1) is 28.9. The minimum absolute atomic E-state index is 0.0713. The fourth-order valence-electron chi connectivity index (χ4n) is 3.97. The van der Waals surface area contributed by atoms with Crippen molar-refractivity contribution in [2.45, 2.75) is 45.1 Å². The van der Waals surface area contributed by atoms with Crippen molar-refractivity contribution < 1.29 is 28.7 Å². The molecule has 1 heterocycles. The Balaban J connectivity index is 2.10. The maximum atomic E-state index is 12.7. The first-order valence-corrected chi connectivity index (χ1v) is 12.3. The van der Waals surface area contributed by atoms with Crippen molar-refractivity contribution in [3.05, 3.63) is 23.8 Å². The SMILES string of the molecule is COc1ccc2cc1OCC(=O)N[C@@H](C)C(=O)N(C)CCCCN(CC(N)=O)CCCNC(=O)CC2. The highest BCUT2D eigenvalue weighted by atomic mass is 16.5. The molecule has 0 saturated heterocycles. The fraction of sp³-hybridized carbons (Fsp3) is 0.600. The second-order valence-corrected chi connectivity index (χ2v) is 8.98. The monoisotopic (exact) mass is 505 g/mol. The van der Waals surface area contributed by atoms with E-state index >= 15 is 0 Å². The predicted octanol–water partition coefficient (Wildman–Crippen LogP) is 0.0571. The number of hydrogen-bond donors (Lipinski definition) is 3. The highest BCUT2D eigenvalue weighted by molar-refractivity contribution is 5.87. The van der Waals surface area contributed by atoms with Crippen LogP contribution < -0.4 is 25.8 Å². The molecule has 0 aliphatic carbocycles. The van der Waals surface area contributed by atoms with Gasteiger partial charge in [0.2, 0.25) is 17.7 Å². The number of hydrogen-bond acceptors (Lipinski definition) is 7. The van der Waals surface area contributed by atoms with Crippen LogP contribution in [0.25, 0.3) is 0 Å². The number of nitrogens with one attached hydrogen (secondary N) is 2. The average Bonchev–Trinajstić information content (AvgIpc) is 2.84. The molecule has 0 spiro atoms. The molecule has 1 aliphatic rings. The molecular weight excluding hydrogens is 466 g/mol. The number of carbonyl (C=O) groups excluding carboxylic acids is 4. The molecule has 2 rings (SSSR count). The number of aryl methyl sites for hydroxylation is 1. The standard InChI is InChI=1S/C25H39N5O6/c1-18-25(34)29(2)12-4-5-13-30(16-22(26)31)14-6-11-27-23(32)10-8-19-7-9-20(35-3)21(15-19)36-17-24(33)28-18/h7,9,15,18H,4-6,8,10-14,16-17H2,1-3H3,(H2,26,31)(H,27,32)(H,28,33)/t18-/m0/s1. The zero-order valence-electron chi connectivity index (χ0n) is 21.5. The number of amides is 4. The third kappa shape index (κ3) is 10.1. The summed E-state index contributed by atoms with van der Waals surface area (Å²) in [4.78, 5) is 52.4. The number of nitrogens with zero attached hydrogens (tertiary/aromatic N) is 2. The molecule has 11 heteroatoms. The zero-order chi connectivity index (χ0) is 26.5. The third-order valence-electron chi connectivity index (χ3n) is 5.92. The minimum Gasteiger partial charge on any atom is -0.493 e. The van der Waals surface area contributed by atoms with Gasteiger partial charge in [0.05, 0.1) is 13.7 Å². The lowest BCUT2D eigenvalue weighted by Gasteiger charge is -2.24. The van der Waals surface area contributed by atoms with Crippen molar-refractivity contribution in [2.24, 2.45) is 5.73 Å². The van der Waals surface area contributed by atoms with E-state index < -0.39 is 17.9 Å². The molecule has 1 atom stereocenters. The maximum absolute atomic E-state index is 12.7. The fourth-order valence-corrected chi connectivity index (χ4v) is 3.97. The van der Waals surface area contributed by atoms with Crippen molar-refractivity contribution in [3.8, 4) is 11.5 Å². The average molecular weight is 506 g/mol. The van der Waals surface area contributed by atoms with Crippen molar-refractivity contribution >= 4 is 23.6 Å². The number of rotatable bonds is 3. The van der Waals surface area contributed by atoms with E-state index in [0.717, 1.165) is 18.4 Å². The topological polar surface area (TPSA) is 143 Å². The largest absolute Gasteiger partial charge is 0.493 e. The number of fused-ring (bicyclic) bond motifs is 2. The quantitative estimate of drug-likeness (QED) is 0.527. The summed E-state index contributed by atoms with van der Waals surface area (Å²) in [5.41, 5.74) is 6.25. The maximum Gasteiger partial charge on any atom is 0.258 e. The molecule has 0 fully saturated rings. The van der Waals surface area contributed by atoms with Gasteiger partial charge >= 0.3 is 0 Å². The van der Waals surface area contributed by atoms with Gasteiger partial charge in [0.1, 0.15) is 6.04 Å². The highest BCUT2D eigenvalue weighted by Crippen LogP contribution is 2.28. The smallest absolute Gasteiger partial charge is 0.258 e. The Kier molecular flexibility index (Phi) is 12.0. The van der Waals surface area contributed by atoms with Crippen LogP contribution in [0.4, 0.5) is 0 Å². The normalized spacial score (nSPS) is 20.2. The summed E-state index contributed by atoms with van der Waals surface area (Å²) >= 11 is 0. The predicted molar refractivity (Wildman–Crippen MR) is 135 cm³/mol. The van der Waals surface area contributed by atoms with Gasteiger partial charge in [-0.15, -0.1) is 0 Å². The summed E-state index contributed by atoms with van der Waals surface area (Å²) in [6.07, 6.45) is 2.98. The molecule has 1 aromatic rings. The molecule has 0 unspecified atom stereocenters. The van der Waals surface area contributed by atoms with Crippen LogP contribution in [0.1, 0.15) is 38.2 Å². The number of ether oxygens (including phenoxy) is 2. The molecule has 200 valence electrons. The molecule has 0 aromatic heterocycles. The van der Waals surface area contributed by atoms with Crippen LogP contribution >= 0.6 is 0 Å². The van der Waals surface area contributed by atoms with Crippen LogP contribution in [0.5, 0.6) is 11.5 Å². The number of likely N-dealkylation sites (N-methyl/N-ethyl adjacent to an activating group) is 1. The Labute approximate surface area is 212 Å². The lowest BCUT2D eigenvalue weighted by atomic mass is 10.1. The third-order valence-corrected chi connectivity index (χ3v) is 5.92. The summed E-state index contributed by atoms with van der Waals surface area (Å²) in [6, 6.07) is 4.61. The van der Waals surface area contributed by atoms with Crippen molar-refractivity contribution in [3.63, 3.8) is 0 Å². The van der Waals surface area contributed by atoms with Gasteiger partial charge in [-0.25, -0.2) is 0 Å². The van der Waals surface area contributed by atoms with E-state index in [1.54, 1.807) is 31.0 Å². The van der Waals surface area contributed by atoms with Gasteiger partial charge in [-0.1, -0.05) is 6.07 Å². The van der Waals surface area contributed by atoms with Crippen LogP contribution in [0.15, 0.2) is 18.2 Å². The molecule has 36 heavy (non-hydrogen) atoms. The van der Waals surface area contributed by atoms with Gasteiger partial charge in [0.15, 0.2) is 18.1 Å². The number of benzene rings is 1. The first-order chi connectivity index (χ1) is 17.2. The molecular formula is C25H39N5O6. The van der Waals surface area contributed by atoms with Gasteiger partial charge in [-0.3, -0.25) is 24.1 Å². The van der Waals surface area contributed by atoms with Gasteiger partial charge < -0.3 is 30.7 Å². The molecule has 4 amide bonds. The van der Waals surface area contributed by atoms with Crippen molar-refractivity contribution in [1.82, 2.24) is 20.4 Å². The molecule has 0 saturated carbocycles. The molecule has 2 bridgehead atoms. The van der Waals surface area contributed by atoms with E-state index in [1.807, 2.05) is 11.0 Å². The van der Waals surface area contributed by atoms with Crippen LogP contribution in [0, 0.1) is 0 Å².